The van der Waals surface area contributed by atoms with Crippen molar-refractivity contribution in [3.8, 4) is 0 Å². The summed E-state index contributed by atoms with van der Waals surface area (Å²) in [5.74, 6) is -0.0150. The van der Waals surface area contributed by atoms with Gasteiger partial charge in [-0.1, -0.05) is 78.9 Å². The van der Waals surface area contributed by atoms with E-state index in [4.69, 9.17) is 0 Å². The van der Waals surface area contributed by atoms with Gasteiger partial charge in [-0.05, 0) is 28.6 Å². The number of aromatic nitrogens is 1. The monoisotopic (exact) mass is 325 g/mol. The summed E-state index contributed by atoms with van der Waals surface area (Å²) in [5.41, 5.74) is 4.69. The molecule has 0 unspecified atom stereocenters. The molecular weight excluding hydrogens is 306 g/mol. The minimum absolute atomic E-state index is 0.0150. The van der Waals surface area contributed by atoms with Crippen LogP contribution in [-0.2, 0) is 0 Å². The molecule has 0 saturated carbocycles. The summed E-state index contributed by atoms with van der Waals surface area (Å²) in [5, 5.41) is 12.5. The Morgan fingerprint density at radius 2 is 1.28 bits per heavy atom. The molecule has 1 N–H and O–H groups in total. The van der Waals surface area contributed by atoms with Crippen molar-refractivity contribution in [2.45, 2.75) is 18.1 Å². The van der Waals surface area contributed by atoms with Gasteiger partial charge in [-0.25, -0.2) is 0 Å². The molecule has 0 fully saturated rings. The van der Waals surface area contributed by atoms with Crippen LogP contribution in [0.4, 0.5) is 0 Å². The first kappa shape index (κ1) is 14.5. The van der Waals surface area contributed by atoms with Gasteiger partial charge in [0.25, 0.3) is 0 Å². The van der Waals surface area contributed by atoms with E-state index < -0.39 is 6.10 Å². The maximum atomic E-state index is 11.3. The van der Waals surface area contributed by atoms with Crippen molar-refractivity contribution in [3.63, 3.8) is 0 Å². The maximum absolute atomic E-state index is 11.3. The Morgan fingerprint density at radius 1 is 0.680 bits per heavy atom. The first-order valence-corrected chi connectivity index (χ1v) is 8.72. The molecule has 0 radical (unpaired) electrons. The second-order valence-electron chi connectivity index (χ2n) is 6.73. The topological polar surface area (TPSA) is 25.2 Å². The standard InChI is InChI=1S/C23H19NO/c25-23-21(16-9-3-1-4-10-16)20-15-18-13-7-8-14-19(18)24(20)22(23)17-11-5-2-6-12-17/h1-15,21-23,25H/t21-,22-,23+/m0/s1. The van der Waals surface area contributed by atoms with Crippen LogP contribution in [0.5, 0.6) is 0 Å². The van der Waals surface area contributed by atoms with Crippen molar-refractivity contribution < 1.29 is 5.11 Å². The van der Waals surface area contributed by atoms with Crippen LogP contribution < -0.4 is 0 Å². The fourth-order valence-corrected chi connectivity index (χ4v) is 4.28. The maximum Gasteiger partial charge on any atom is 0.0912 e. The molecule has 0 saturated heterocycles. The summed E-state index contributed by atoms with van der Waals surface area (Å²) in [6.07, 6.45) is -0.482. The highest BCUT2D eigenvalue weighted by molar-refractivity contribution is 5.82. The first-order valence-electron chi connectivity index (χ1n) is 8.72. The fraction of sp³-hybridized carbons (Fsp3) is 0.130. The molecule has 5 rings (SSSR count). The van der Waals surface area contributed by atoms with Crippen molar-refractivity contribution in [1.29, 1.82) is 0 Å². The zero-order valence-corrected chi connectivity index (χ0v) is 13.8. The van der Waals surface area contributed by atoms with Crippen LogP contribution in [0, 0.1) is 0 Å². The number of nitrogens with zero attached hydrogens (tertiary/aromatic N) is 1. The summed E-state index contributed by atoms with van der Waals surface area (Å²) < 4.78 is 2.33. The molecule has 3 atom stereocenters. The number of hydrogen-bond acceptors (Lipinski definition) is 1. The number of rotatable bonds is 2. The van der Waals surface area contributed by atoms with Gasteiger partial charge in [0.15, 0.2) is 0 Å². The van der Waals surface area contributed by atoms with Gasteiger partial charge in [0, 0.05) is 11.2 Å². The fourth-order valence-electron chi connectivity index (χ4n) is 4.28. The predicted molar refractivity (Wildman–Crippen MR) is 101 cm³/mol. The molecule has 2 heteroatoms. The summed E-state index contributed by atoms with van der Waals surface area (Å²) >= 11 is 0. The summed E-state index contributed by atoms with van der Waals surface area (Å²) in [4.78, 5) is 0. The summed E-state index contributed by atoms with van der Waals surface area (Å²) in [7, 11) is 0. The second kappa shape index (κ2) is 5.61. The SMILES string of the molecule is O[C@@H]1[C@@H](c2ccccc2)c2cc3ccccc3n2[C@H]1c1ccccc1. The number of fused-ring (bicyclic) bond motifs is 3. The Bertz CT molecular complexity index is 1020. The number of aliphatic hydroxyl groups is 1. The van der Waals surface area contributed by atoms with E-state index in [0.29, 0.717) is 0 Å². The summed E-state index contributed by atoms with van der Waals surface area (Å²) in [6, 6.07) is 31.3. The number of hydrogen-bond donors (Lipinski definition) is 1. The van der Waals surface area contributed by atoms with Crippen molar-refractivity contribution in [2.24, 2.45) is 0 Å². The van der Waals surface area contributed by atoms with Crippen molar-refractivity contribution in [1.82, 2.24) is 4.57 Å². The lowest BCUT2D eigenvalue weighted by atomic mass is 9.88. The Balaban J connectivity index is 1.78. The molecule has 3 aromatic carbocycles. The highest BCUT2D eigenvalue weighted by Crippen LogP contribution is 2.46. The minimum Gasteiger partial charge on any atom is -0.390 e. The van der Waals surface area contributed by atoms with Gasteiger partial charge < -0.3 is 9.67 Å². The van der Waals surface area contributed by atoms with E-state index in [1.165, 1.54) is 16.6 Å². The van der Waals surface area contributed by atoms with E-state index in [9.17, 15) is 5.11 Å². The van der Waals surface area contributed by atoms with Gasteiger partial charge in [-0.3, -0.25) is 0 Å². The van der Waals surface area contributed by atoms with E-state index in [2.05, 4.69) is 59.2 Å². The highest BCUT2D eigenvalue weighted by Gasteiger charge is 2.42. The number of para-hydroxylation sites is 1. The molecule has 25 heavy (non-hydrogen) atoms. The number of aliphatic hydroxyl groups excluding tert-OH is 1. The molecule has 4 aromatic rings. The van der Waals surface area contributed by atoms with Gasteiger partial charge >= 0.3 is 0 Å². The lowest BCUT2D eigenvalue weighted by Crippen LogP contribution is -2.22. The molecule has 2 heterocycles. The Hall–Kier alpha value is -2.84. The Kier molecular flexibility index (Phi) is 3.25. The molecule has 0 spiro atoms. The van der Waals surface area contributed by atoms with Crippen LogP contribution in [0.25, 0.3) is 10.9 Å². The first-order chi connectivity index (χ1) is 12.3. The lowest BCUT2D eigenvalue weighted by Gasteiger charge is -2.22. The van der Waals surface area contributed by atoms with Gasteiger partial charge in [-0.15, -0.1) is 0 Å². The molecule has 0 aliphatic carbocycles. The number of benzene rings is 3. The van der Waals surface area contributed by atoms with Crippen molar-refractivity contribution >= 4 is 10.9 Å². The molecule has 1 aromatic heterocycles. The Morgan fingerprint density at radius 3 is 2.00 bits per heavy atom. The molecule has 1 aliphatic heterocycles. The highest BCUT2D eigenvalue weighted by atomic mass is 16.3. The molecule has 122 valence electrons. The third-order valence-corrected chi connectivity index (χ3v) is 5.34. The van der Waals surface area contributed by atoms with Crippen LogP contribution in [0.2, 0.25) is 0 Å². The van der Waals surface area contributed by atoms with Gasteiger partial charge in [0.2, 0.25) is 0 Å². The largest absolute Gasteiger partial charge is 0.390 e. The molecule has 0 bridgehead atoms. The smallest absolute Gasteiger partial charge is 0.0912 e. The van der Waals surface area contributed by atoms with Crippen LogP contribution in [-0.4, -0.2) is 15.8 Å². The average Bonchev–Trinajstić information content (AvgIpc) is 3.16. The lowest BCUT2D eigenvalue weighted by molar-refractivity contribution is 0.140. The third-order valence-electron chi connectivity index (χ3n) is 5.34. The van der Waals surface area contributed by atoms with Crippen LogP contribution in [0.3, 0.4) is 0 Å². The van der Waals surface area contributed by atoms with Crippen molar-refractivity contribution in [2.75, 3.05) is 0 Å². The average molecular weight is 325 g/mol. The summed E-state index contributed by atoms with van der Waals surface area (Å²) in [6.45, 7) is 0. The minimum atomic E-state index is -0.482. The van der Waals surface area contributed by atoms with E-state index in [1.54, 1.807) is 0 Å². The van der Waals surface area contributed by atoms with Gasteiger partial charge in [-0.2, -0.15) is 0 Å². The molecule has 0 amide bonds. The van der Waals surface area contributed by atoms with E-state index >= 15 is 0 Å². The van der Waals surface area contributed by atoms with Gasteiger partial charge in [0.05, 0.1) is 18.1 Å². The van der Waals surface area contributed by atoms with Crippen molar-refractivity contribution in [3.05, 3.63) is 108 Å². The predicted octanol–water partition coefficient (Wildman–Crippen LogP) is 4.74. The quantitative estimate of drug-likeness (QED) is 0.566. The van der Waals surface area contributed by atoms with E-state index in [-0.39, 0.29) is 12.0 Å². The van der Waals surface area contributed by atoms with E-state index in [1.807, 2.05) is 36.4 Å². The second-order valence-corrected chi connectivity index (χ2v) is 6.73. The normalized spacial score (nSPS) is 22.2. The third kappa shape index (κ3) is 2.15. The van der Waals surface area contributed by atoms with Crippen LogP contribution in [0.15, 0.2) is 91.0 Å². The van der Waals surface area contributed by atoms with Crippen LogP contribution in [0.1, 0.15) is 28.8 Å². The molecule has 2 nitrogen and oxygen atoms in total. The molecule has 1 aliphatic rings. The van der Waals surface area contributed by atoms with Gasteiger partial charge in [0.1, 0.15) is 0 Å². The Labute approximate surface area is 147 Å². The zero-order chi connectivity index (χ0) is 16.8. The van der Waals surface area contributed by atoms with E-state index in [0.717, 1.165) is 11.1 Å². The molecular formula is C23H19NO. The van der Waals surface area contributed by atoms with Crippen LogP contribution >= 0.6 is 0 Å². The zero-order valence-electron chi connectivity index (χ0n) is 13.8.